The lowest BCUT2D eigenvalue weighted by Crippen LogP contribution is -2.45. The van der Waals surface area contributed by atoms with Gasteiger partial charge in [0.25, 0.3) is 0 Å². The smallest absolute Gasteiger partial charge is 0.124 e. The summed E-state index contributed by atoms with van der Waals surface area (Å²) in [5, 5.41) is 0.878. The average molecular weight is 367 g/mol. The lowest BCUT2D eigenvalue weighted by atomic mass is 10.1. The number of halogens is 3. The standard InChI is InChI=1S/C12H14Br2FNO/c13-6-12-8-17-2-1-16(12)7-9-3-10(14)5-11(15)4-9/h3-5,12H,1-2,6-8H2. The predicted octanol–water partition coefficient (Wildman–Crippen LogP) is 3.18. The lowest BCUT2D eigenvalue weighted by molar-refractivity contribution is -0.00216. The number of benzene rings is 1. The summed E-state index contributed by atoms with van der Waals surface area (Å²) < 4.78 is 19.5. The van der Waals surface area contributed by atoms with Crippen molar-refractivity contribution in [2.24, 2.45) is 0 Å². The molecule has 1 fully saturated rings. The Bertz CT molecular complexity index is 369. The number of hydrogen-bond acceptors (Lipinski definition) is 2. The van der Waals surface area contributed by atoms with Gasteiger partial charge in [-0.3, -0.25) is 4.90 Å². The maximum absolute atomic E-state index is 13.3. The highest BCUT2D eigenvalue weighted by atomic mass is 79.9. The van der Waals surface area contributed by atoms with E-state index in [-0.39, 0.29) is 5.82 Å². The van der Waals surface area contributed by atoms with E-state index in [1.165, 1.54) is 6.07 Å². The fourth-order valence-electron chi connectivity index (χ4n) is 1.98. The molecule has 2 rings (SSSR count). The molecule has 0 bridgehead atoms. The Morgan fingerprint density at radius 1 is 1.41 bits per heavy atom. The maximum Gasteiger partial charge on any atom is 0.124 e. The molecule has 1 aliphatic heterocycles. The molecule has 1 aliphatic rings. The normalized spacial score (nSPS) is 21.7. The Balaban J connectivity index is 2.08. The second-order valence-electron chi connectivity index (χ2n) is 4.13. The van der Waals surface area contributed by atoms with E-state index in [2.05, 4.69) is 36.8 Å². The van der Waals surface area contributed by atoms with Crippen LogP contribution in [0, 0.1) is 5.82 Å². The first-order chi connectivity index (χ1) is 8.19. The highest BCUT2D eigenvalue weighted by Crippen LogP contribution is 2.19. The third kappa shape index (κ3) is 3.74. The summed E-state index contributed by atoms with van der Waals surface area (Å²) in [6, 6.07) is 5.39. The van der Waals surface area contributed by atoms with Crippen molar-refractivity contribution in [3.8, 4) is 0 Å². The first kappa shape index (κ1) is 13.5. The molecule has 1 aromatic carbocycles. The highest BCUT2D eigenvalue weighted by molar-refractivity contribution is 9.10. The zero-order valence-electron chi connectivity index (χ0n) is 9.33. The van der Waals surface area contributed by atoms with E-state index < -0.39 is 0 Å². The van der Waals surface area contributed by atoms with Gasteiger partial charge in [-0.15, -0.1) is 0 Å². The van der Waals surface area contributed by atoms with Crippen LogP contribution >= 0.6 is 31.9 Å². The van der Waals surface area contributed by atoms with Gasteiger partial charge in [0.05, 0.1) is 13.2 Å². The van der Waals surface area contributed by atoms with E-state index in [4.69, 9.17) is 4.74 Å². The summed E-state index contributed by atoms with van der Waals surface area (Å²) in [5.41, 5.74) is 0.990. The van der Waals surface area contributed by atoms with Crippen molar-refractivity contribution < 1.29 is 9.13 Å². The number of alkyl halides is 1. The minimum atomic E-state index is -0.196. The molecule has 5 heteroatoms. The molecule has 94 valence electrons. The highest BCUT2D eigenvalue weighted by Gasteiger charge is 2.22. The Labute approximate surface area is 117 Å². The Kier molecular flexibility index (Phi) is 4.97. The third-order valence-corrected chi connectivity index (χ3v) is 4.04. The van der Waals surface area contributed by atoms with Crippen molar-refractivity contribution in [2.45, 2.75) is 12.6 Å². The number of rotatable bonds is 3. The van der Waals surface area contributed by atoms with Gasteiger partial charge in [-0.05, 0) is 23.8 Å². The minimum Gasteiger partial charge on any atom is -0.378 e. The Morgan fingerprint density at radius 2 is 2.24 bits per heavy atom. The van der Waals surface area contributed by atoms with E-state index in [9.17, 15) is 4.39 Å². The molecule has 0 spiro atoms. The SMILES string of the molecule is Fc1cc(Br)cc(CN2CCOCC2CBr)c1. The fraction of sp³-hybridized carbons (Fsp3) is 0.500. The summed E-state index contributed by atoms with van der Waals surface area (Å²) in [7, 11) is 0. The van der Waals surface area contributed by atoms with Gasteiger partial charge in [-0.25, -0.2) is 4.39 Å². The summed E-state index contributed by atoms with van der Waals surface area (Å²) in [5.74, 6) is -0.196. The van der Waals surface area contributed by atoms with Crippen molar-refractivity contribution >= 4 is 31.9 Å². The van der Waals surface area contributed by atoms with Crippen molar-refractivity contribution in [2.75, 3.05) is 25.1 Å². The molecule has 2 nitrogen and oxygen atoms in total. The quantitative estimate of drug-likeness (QED) is 0.762. The van der Waals surface area contributed by atoms with Gasteiger partial charge in [-0.2, -0.15) is 0 Å². The van der Waals surface area contributed by atoms with Crippen LogP contribution in [-0.4, -0.2) is 36.0 Å². The van der Waals surface area contributed by atoms with Crippen LogP contribution in [0.3, 0.4) is 0 Å². The second kappa shape index (κ2) is 6.27. The molecule has 17 heavy (non-hydrogen) atoms. The summed E-state index contributed by atoms with van der Waals surface area (Å²) in [6.07, 6.45) is 0. The number of ether oxygens (including phenoxy) is 1. The van der Waals surface area contributed by atoms with Crippen LogP contribution in [0.15, 0.2) is 22.7 Å². The van der Waals surface area contributed by atoms with Crippen molar-refractivity contribution in [1.82, 2.24) is 4.90 Å². The van der Waals surface area contributed by atoms with Gasteiger partial charge in [-0.1, -0.05) is 31.9 Å². The molecule has 1 unspecified atom stereocenters. The van der Waals surface area contributed by atoms with Gasteiger partial charge < -0.3 is 4.74 Å². The summed E-state index contributed by atoms with van der Waals surface area (Å²) >= 11 is 6.81. The molecule has 0 aromatic heterocycles. The van der Waals surface area contributed by atoms with Crippen LogP contribution in [0.2, 0.25) is 0 Å². The molecule has 0 radical (unpaired) electrons. The van der Waals surface area contributed by atoms with E-state index in [0.29, 0.717) is 6.04 Å². The van der Waals surface area contributed by atoms with Gasteiger partial charge in [0, 0.05) is 28.9 Å². The predicted molar refractivity (Wildman–Crippen MR) is 72.9 cm³/mol. The molecule has 1 aromatic rings. The van der Waals surface area contributed by atoms with E-state index in [0.717, 1.165) is 41.7 Å². The fourth-order valence-corrected chi connectivity index (χ4v) is 3.09. The number of morpholine rings is 1. The van der Waals surface area contributed by atoms with Crippen LogP contribution in [0.5, 0.6) is 0 Å². The first-order valence-corrected chi connectivity index (χ1v) is 7.43. The van der Waals surface area contributed by atoms with Crippen molar-refractivity contribution in [1.29, 1.82) is 0 Å². The summed E-state index contributed by atoms with van der Waals surface area (Å²) in [6.45, 7) is 3.14. The molecular weight excluding hydrogens is 353 g/mol. The average Bonchev–Trinajstić information content (AvgIpc) is 2.28. The lowest BCUT2D eigenvalue weighted by Gasteiger charge is -2.34. The second-order valence-corrected chi connectivity index (χ2v) is 5.69. The number of nitrogens with zero attached hydrogens (tertiary/aromatic N) is 1. The molecule has 1 heterocycles. The maximum atomic E-state index is 13.3. The van der Waals surface area contributed by atoms with E-state index in [1.54, 1.807) is 6.07 Å². The molecule has 0 aliphatic carbocycles. The molecule has 1 atom stereocenters. The van der Waals surface area contributed by atoms with Crippen LogP contribution < -0.4 is 0 Å². The van der Waals surface area contributed by atoms with Crippen molar-refractivity contribution in [3.05, 3.63) is 34.1 Å². The van der Waals surface area contributed by atoms with Crippen molar-refractivity contribution in [3.63, 3.8) is 0 Å². The van der Waals surface area contributed by atoms with Gasteiger partial charge in [0.2, 0.25) is 0 Å². The Hall–Kier alpha value is 0.0300. The molecular formula is C12H14Br2FNO. The third-order valence-electron chi connectivity index (χ3n) is 2.84. The van der Waals surface area contributed by atoms with Gasteiger partial charge in [0.1, 0.15) is 5.82 Å². The molecule has 0 amide bonds. The Morgan fingerprint density at radius 3 is 2.94 bits per heavy atom. The van der Waals surface area contributed by atoms with E-state index in [1.807, 2.05) is 6.07 Å². The molecule has 0 saturated carbocycles. The summed E-state index contributed by atoms with van der Waals surface area (Å²) in [4.78, 5) is 2.32. The van der Waals surface area contributed by atoms with Crippen LogP contribution in [0.1, 0.15) is 5.56 Å². The molecule has 0 N–H and O–H groups in total. The van der Waals surface area contributed by atoms with Gasteiger partial charge >= 0.3 is 0 Å². The molecule has 1 saturated heterocycles. The number of hydrogen-bond donors (Lipinski definition) is 0. The van der Waals surface area contributed by atoms with Gasteiger partial charge in [0.15, 0.2) is 0 Å². The van der Waals surface area contributed by atoms with Crippen LogP contribution in [0.25, 0.3) is 0 Å². The van der Waals surface area contributed by atoms with Crippen LogP contribution in [-0.2, 0) is 11.3 Å². The zero-order chi connectivity index (χ0) is 12.3. The largest absolute Gasteiger partial charge is 0.378 e. The monoisotopic (exact) mass is 365 g/mol. The zero-order valence-corrected chi connectivity index (χ0v) is 12.5. The van der Waals surface area contributed by atoms with E-state index >= 15 is 0 Å². The topological polar surface area (TPSA) is 12.5 Å². The first-order valence-electron chi connectivity index (χ1n) is 5.52. The van der Waals surface area contributed by atoms with Crippen LogP contribution in [0.4, 0.5) is 4.39 Å². The minimum absolute atomic E-state index is 0.196.